The van der Waals surface area contributed by atoms with Gasteiger partial charge in [0.15, 0.2) is 5.78 Å². The van der Waals surface area contributed by atoms with Gasteiger partial charge >= 0.3 is 0 Å². The lowest BCUT2D eigenvalue weighted by Gasteiger charge is -2.42. The van der Waals surface area contributed by atoms with Gasteiger partial charge in [0.25, 0.3) is 5.69 Å². The van der Waals surface area contributed by atoms with E-state index in [2.05, 4.69) is 0 Å². The monoisotopic (exact) mass is 450 g/mol. The van der Waals surface area contributed by atoms with E-state index in [0.717, 1.165) is 5.56 Å². The Kier molecular flexibility index (Phi) is 5.69. The summed E-state index contributed by atoms with van der Waals surface area (Å²) in [7, 11) is 2.99. The molecular formula is C25H26N2O6. The number of anilines is 1. The van der Waals surface area contributed by atoms with Gasteiger partial charge < -0.3 is 9.47 Å². The number of rotatable bonds is 5. The van der Waals surface area contributed by atoms with Crippen molar-refractivity contribution in [1.29, 1.82) is 0 Å². The number of benzene rings is 2. The van der Waals surface area contributed by atoms with Crippen molar-refractivity contribution in [2.75, 3.05) is 19.1 Å². The number of Topliss-reactive ketones (excluding diaryl/α,β-unsaturated/α-hetero) is 1. The molecule has 2 aromatic carbocycles. The molecule has 0 bridgehead atoms. The van der Waals surface area contributed by atoms with Crippen molar-refractivity contribution in [3.05, 3.63) is 69.4 Å². The second-order valence-electron chi connectivity index (χ2n) is 9.18. The minimum absolute atomic E-state index is 0.0291. The number of nitrogens with zero attached hydrogens (tertiary/aromatic N) is 2. The third kappa shape index (κ3) is 4.08. The lowest BCUT2D eigenvalue weighted by molar-refractivity contribution is -0.384. The van der Waals surface area contributed by atoms with Crippen LogP contribution in [0.3, 0.4) is 0 Å². The Morgan fingerprint density at radius 3 is 2.39 bits per heavy atom. The highest BCUT2D eigenvalue weighted by molar-refractivity contribution is 6.08. The molecule has 4 rings (SSSR count). The van der Waals surface area contributed by atoms with Crippen LogP contribution in [0.4, 0.5) is 11.4 Å². The van der Waals surface area contributed by atoms with Gasteiger partial charge in [0, 0.05) is 30.0 Å². The van der Waals surface area contributed by atoms with Crippen LogP contribution in [0.15, 0.2) is 53.7 Å². The van der Waals surface area contributed by atoms with Crippen molar-refractivity contribution >= 4 is 23.1 Å². The largest absolute Gasteiger partial charge is 0.497 e. The van der Waals surface area contributed by atoms with E-state index in [-0.39, 0.29) is 34.9 Å². The highest BCUT2D eigenvalue weighted by Crippen LogP contribution is 2.49. The van der Waals surface area contributed by atoms with Crippen molar-refractivity contribution in [3.8, 4) is 11.5 Å². The molecule has 1 amide bonds. The first kappa shape index (κ1) is 22.5. The molecule has 1 heterocycles. The molecule has 0 fully saturated rings. The molecule has 0 N–H and O–H groups in total. The average molecular weight is 450 g/mol. The molecule has 0 spiro atoms. The molecule has 0 aromatic heterocycles. The quantitative estimate of drug-likeness (QED) is 0.480. The van der Waals surface area contributed by atoms with Crippen molar-refractivity contribution in [1.82, 2.24) is 0 Å². The van der Waals surface area contributed by atoms with E-state index >= 15 is 0 Å². The predicted octanol–water partition coefficient (Wildman–Crippen LogP) is 4.78. The molecule has 2 aromatic rings. The molecule has 2 aliphatic rings. The Morgan fingerprint density at radius 2 is 1.73 bits per heavy atom. The Labute approximate surface area is 191 Å². The van der Waals surface area contributed by atoms with E-state index in [1.807, 2.05) is 38.1 Å². The van der Waals surface area contributed by atoms with Crippen molar-refractivity contribution in [2.45, 2.75) is 39.0 Å². The molecule has 1 aliphatic heterocycles. The number of carbonyl (C=O) groups is 2. The zero-order valence-corrected chi connectivity index (χ0v) is 19.1. The van der Waals surface area contributed by atoms with Crippen LogP contribution in [0.1, 0.15) is 44.6 Å². The third-order valence-electron chi connectivity index (χ3n) is 6.26. The fourth-order valence-electron chi connectivity index (χ4n) is 4.80. The molecule has 8 nitrogen and oxygen atoms in total. The standard InChI is InChI=1S/C25H26N2O6/c1-25(2)13-21-24(22(28)14-25)18(15-6-5-7-16(10-15)32-3)12-23(29)26(21)19-9-8-17(33-4)11-20(19)27(30)31/h5-11,18H,12-14H2,1-4H3. The van der Waals surface area contributed by atoms with Gasteiger partial charge in [0.2, 0.25) is 5.91 Å². The normalized spacial score (nSPS) is 19.9. The van der Waals surface area contributed by atoms with Crippen molar-refractivity contribution < 1.29 is 24.0 Å². The first-order valence-electron chi connectivity index (χ1n) is 10.7. The van der Waals surface area contributed by atoms with Gasteiger partial charge in [-0.3, -0.25) is 24.6 Å². The Bertz CT molecular complexity index is 1180. The molecule has 1 unspecified atom stereocenters. The van der Waals surface area contributed by atoms with Crippen molar-refractivity contribution in [2.24, 2.45) is 5.41 Å². The van der Waals surface area contributed by atoms with Crippen LogP contribution in [0, 0.1) is 15.5 Å². The Balaban J connectivity index is 1.93. The van der Waals surface area contributed by atoms with Crippen LogP contribution in [0.25, 0.3) is 0 Å². The number of nitro groups is 1. The maximum atomic E-state index is 13.5. The first-order chi connectivity index (χ1) is 15.6. The minimum atomic E-state index is -0.532. The number of nitro benzene ring substituents is 1. The van der Waals surface area contributed by atoms with Crippen LogP contribution >= 0.6 is 0 Å². The summed E-state index contributed by atoms with van der Waals surface area (Å²) in [4.78, 5) is 39.6. The zero-order valence-electron chi connectivity index (χ0n) is 19.1. The smallest absolute Gasteiger partial charge is 0.297 e. The maximum Gasteiger partial charge on any atom is 0.297 e. The second-order valence-corrected chi connectivity index (χ2v) is 9.18. The summed E-state index contributed by atoms with van der Waals surface area (Å²) in [6.07, 6.45) is 0.823. The number of ether oxygens (including phenoxy) is 2. The molecule has 1 aliphatic carbocycles. The summed E-state index contributed by atoms with van der Waals surface area (Å²) in [5, 5.41) is 11.9. The molecule has 172 valence electrons. The molecule has 0 saturated heterocycles. The van der Waals surface area contributed by atoms with E-state index in [4.69, 9.17) is 9.47 Å². The zero-order chi connectivity index (χ0) is 23.9. The topological polar surface area (TPSA) is 99.0 Å². The Morgan fingerprint density at radius 1 is 1.03 bits per heavy atom. The fraction of sp³-hybridized carbons (Fsp3) is 0.360. The van der Waals surface area contributed by atoms with E-state index in [1.165, 1.54) is 24.1 Å². The molecule has 33 heavy (non-hydrogen) atoms. The van der Waals surface area contributed by atoms with Gasteiger partial charge in [0.05, 0.1) is 25.2 Å². The summed E-state index contributed by atoms with van der Waals surface area (Å²) in [5.74, 6) is 0.195. The summed E-state index contributed by atoms with van der Waals surface area (Å²) >= 11 is 0. The average Bonchev–Trinajstić information content (AvgIpc) is 2.77. The van der Waals surface area contributed by atoms with Gasteiger partial charge in [-0.15, -0.1) is 0 Å². The summed E-state index contributed by atoms with van der Waals surface area (Å²) in [6.45, 7) is 3.93. The minimum Gasteiger partial charge on any atom is -0.497 e. The highest BCUT2D eigenvalue weighted by Gasteiger charge is 2.45. The number of methoxy groups -OCH3 is 2. The van der Waals surface area contributed by atoms with E-state index in [0.29, 0.717) is 35.6 Å². The van der Waals surface area contributed by atoms with Crippen LogP contribution in [0.2, 0.25) is 0 Å². The van der Waals surface area contributed by atoms with E-state index < -0.39 is 10.8 Å². The number of hydrogen-bond acceptors (Lipinski definition) is 6. The number of amides is 1. The molecular weight excluding hydrogens is 424 g/mol. The van der Waals surface area contributed by atoms with Crippen LogP contribution in [-0.4, -0.2) is 30.8 Å². The second kappa shape index (κ2) is 8.35. The highest BCUT2D eigenvalue weighted by atomic mass is 16.6. The summed E-state index contributed by atoms with van der Waals surface area (Å²) in [5.41, 5.74) is 1.41. The summed E-state index contributed by atoms with van der Waals surface area (Å²) < 4.78 is 10.5. The van der Waals surface area contributed by atoms with Gasteiger partial charge in [-0.1, -0.05) is 26.0 Å². The Hall–Kier alpha value is -3.68. The molecule has 0 radical (unpaired) electrons. The molecule has 8 heteroatoms. The van der Waals surface area contributed by atoms with E-state index in [9.17, 15) is 19.7 Å². The number of hydrogen-bond donors (Lipinski definition) is 0. The van der Waals surface area contributed by atoms with Gasteiger partial charge in [-0.25, -0.2) is 0 Å². The predicted molar refractivity (Wildman–Crippen MR) is 123 cm³/mol. The maximum absolute atomic E-state index is 13.5. The first-order valence-corrected chi connectivity index (χ1v) is 10.7. The number of ketones is 1. The van der Waals surface area contributed by atoms with E-state index in [1.54, 1.807) is 13.2 Å². The van der Waals surface area contributed by atoms with Gasteiger partial charge in [0.1, 0.15) is 17.2 Å². The SMILES string of the molecule is COc1cccc(C2CC(=O)N(c3ccc(OC)cc3[N+](=O)[O-])C3=C2C(=O)CC(C)(C)C3)c1. The molecule has 1 atom stereocenters. The van der Waals surface area contributed by atoms with Crippen LogP contribution in [-0.2, 0) is 9.59 Å². The number of allylic oxidation sites excluding steroid dienone is 2. The van der Waals surface area contributed by atoms with Crippen LogP contribution in [0.5, 0.6) is 11.5 Å². The van der Waals surface area contributed by atoms with Crippen LogP contribution < -0.4 is 14.4 Å². The molecule has 0 saturated carbocycles. The van der Waals surface area contributed by atoms with Gasteiger partial charge in [-0.05, 0) is 41.7 Å². The number of carbonyl (C=O) groups excluding carboxylic acids is 2. The van der Waals surface area contributed by atoms with Crippen molar-refractivity contribution in [3.63, 3.8) is 0 Å². The lowest BCUT2D eigenvalue weighted by atomic mass is 9.69. The lowest BCUT2D eigenvalue weighted by Crippen LogP contribution is -2.44. The summed E-state index contributed by atoms with van der Waals surface area (Å²) in [6, 6.07) is 11.7. The third-order valence-corrected chi connectivity index (χ3v) is 6.26. The fourth-order valence-corrected chi connectivity index (χ4v) is 4.80. The van der Waals surface area contributed by atoms with Gasteiger partial charge in [-0.2, -0.15) is 0 Å².